The molecule has 0 radical (unpaired) electrons. The molecule has 3 N–H and O–H groups in total. The molecule has 7 aromatic carbocycles. The lowest BCUT2D eigenvalue weighted by molar-refractivity contribution is -0.119. The molecule has 614 valence electrons. The highest BCUT2D eigenvalue weighted by molar-refractivity contribution is 5.95. The number of nitrogens with zero attached hydrogens (tertiary/aromatic N) is 17. The maximum atomic E-state index is 12.2. The molecule has 12 aromatic rings. The number of aromatic nitrogens is 15. The van der Waals surface area contributed by atoms with Crippen LogP contribution in [0.25, 0.3) is 0 Å². The van der Waals surface area contributed by atoms with Gasteiger partial charge in [0.15, 0.2) is 0 Å². The number of rotatable bonds is 28. The SMILES string of the molecule is CC(=O)NC1CCN(C(=O)c2ccc(C)cc2)C1.Cc1ccc(C(=O)N2COCC2(C)C)cc1.Cc1ccc(OCC(O)Cn2ccnn2)cc1.Cc1ccc(OCC(O)Cn2cncn2)cc1.Cc1ccc(OCCCCn2ccnn2)cc1.Cc1ccc(OCCCn2cncn2)cc1.Cc1ccc(OCCn2cncn2)cc1. The van der Waals surface area contributed by atoms with E-state index in [-0.39, 0.29) is 42.5 Å². The lowest BCUT2D eigenvalue weighted by Gasteiger charge is -2.29. The lowest BCUT2D eigenvalue weighted by Crippen LogP contribution is -2.44. The summed E-state index contributed by atoms with van der Waals surface area (Å²) in [6.07, 6.45) is 18.9. The Bertz CT molecular complexity index is 4530. The van der Waals surface area contributed by atoms with Crippen LogP contribution in [-0.2, 0) is 42.3 Å². The maximum absolute atomic E-state index is 12.2. The summed E-state index contributed by atoms with van der Waals surface area (Å²) in [4.78, 5) is 50.5. The number of ether oxygens (including phenoxy) is 6. The number of amides is 3. The van der Waals surface area contributed by atoms with E-state index in [1.165, 1.54) is 47.4 Å². The highest BCUT2D eigenvalue weighted by Gasteiger charge is 2.37. The van der Waals surface area contributed by atoms with Crippen LogP contribution in [0.5, 0.6) is 28.7 Å². The summed E-state index contributed by atoms with van der Waals surface area (Å²) < 4.78 is 41.6. The Balaban J connectivity index is 0.000000169. The van der Waals surface area contributed by atoms with Gasteiger partial charge >= 0.3 is 0 Å². The number of likely N-dealkylation sites (tertiary alicyclic amines) is 1. The number of aliphatic hydroxyl groups is 2. The van der Waals surface area contributed by atoms with E-state index in [0.717, 1.165) is 90.8 Å². The summed E-state index contributed by atoms with van der Waals surface area (Å²) in [5, 5.41) is 49.3. The zero-order chi connectivity index (χ0) is 82.7. The number of carbonyl (C=O) groups excluding carboxylic acids is 3. The van der Waals surface area contributed by atoms with Gasteiger partial charge in [0, 0.05) is 69.1 Å². The first kappa shape index (κ1) is 89.1. The Labute approximate surface area is 679 Å². The third-order valence-electron chi connectivity index (χ3n) is 17.7. The monoisotopic (exact) mass is 1580 g/mol. The second-order valence-corrected chi connectivity index (χ2v) is 28.5. The molecule has 0 spiro atoms. The minimum Gasteiger partial charge on any atom is -0.494 e. The van der Waals surface area contributed by atoms with Crippen LogP contribution in [0.1, 0.15) is 106 Å². The van der Waals surface area contributed by atoms with Gasteiger partial charge in [-0.3, -0.25) is 28.4 Å². The van der Waals surface area contributed by atoms with Gasteiger partial charge in [-0.2, -0.15) is 15.3 Å². The quantitative estimate of drug-likeness (QED) is 0.0384. The van der Waals surface area contributed by atoms with Gasteiger partial charge < -0.3 is 53.8 Å². The van der Waals surface area contributed by atoms with Crippen LogP contribution in [0.15, 0.2) is 233 Å². The fourth-order valence-electron chi connectivity index (χ4n) is 11.1. The number of hydrogen-bond acceptors (Lipinski definition) is 21. The van der Waals surface area contributed by atoms with Gasteiger partial charge in [-0.15, -0.1) is 10.2 Å². The van der Waals surface area contributed by atoms with Crippen molar-refractivity contribution in [3.8, 4) is 28.7 Å². The van der Waals surface area contributed by atoms with Crippen LogP contribution < -0.4 is 29.0 Å². The number of carbonyl (C=O) groups is 3. The van der Waals surface area contributed by atoms with E-state index in [1.54, 1.807) is 72.4 Å². The first-order valence-electron chi connectivity index (χ1n) is 38.7. The summed E-state index contributed by atoms with van der Waals surface area (Å²) >= 11 is 0. The molecule has 3 atom stereocenters. The van der Waals surface area contributed by atoms with Gasteiger partial charge in [-0.05, 0) is 167 Å². The third-order valence-corrected chi connectivity index (χ3v) is 17.7. The van der Waals surface area contributed by atoms with Crippen molar-refractivity contribution in [2.75, 3.05) is 59.5 Å². The van der Waals surface area contributed by atoms with E-state index in [2.05, 4.69) is 89.1 Å². The van der Waals surface area contributed by atoms with E-state index in [9.17, 15) is 24.6 Å². The molecule has 14 rings (SSSR count). The standard InChI is InChI=1S/C14H18N2O2.C13H17N3O.C13H17NO2.2C12H15N3O2.C12H15N3O.C11H13N3O/c1-10-3-5-12(6-4-10)14(18)16-8-7-13(9-16)15-11(2)17;1-12-4-6-13(7-5-12)17-11-3-2-9-16-10-8-14-15-16;1-10-4-6-11(7-5-10)12(15)14-9-16-8-13(14,2)3;1-10-2-4-12(5-3-10)17-7-11(16)6-15-9-13-8-14-15;1-10-2-4-12(5-3-10)17-9-11(16)8-15-7-6-13-14-15;1-11-3-5-12(6-4-11)16-8-2-7-15-10-13-9-14-15;1-10-2-4-11(5-3-10)15-7-6-14-9-12-8-13-14/h3-6,13H,7-9H2,1-2H3,(H,15,17);4-8,10H,2-3,9,11H2,1H3;4-7H,8-9H2,1-3H3;2-5,8-9,11,16H,6-7H2,1H3;2-7,11,16H,8-9H2,1H3;3-6,9-10H,2,7-8H2,1H3;2-5,8-9H,6-7H2,1H3. The number of aliphatic hydroxyl groups excluding tert-OH is 2. The summed E-state index contributed by atoms with van der Waals surface area (Å²) in [6, 6.07) is 55.0. The number of aryl methyl sites for hydroxylation is 9. The highest BCUT2D eigenvalue weighted by atomic mass is 16.5. The Morgan fingerprint density at radius 2 is 0.845 bits per heavy atom. The van der Waals surface area contributed by atoms with Crippen LogP contribution in [0.3, 0.4) is 0 Å². The van der Waals surface area contributed by atoms with E-state index in [4.69, 9.17) is 28.4 Å². The molecule has 2 aliphatic rings. The normalized spacial score (nSPS) is 13.4. The first-order chi connectivity index (χ1) is 56.1. The van der Waals surface area contributed by atoms with E-state index in [0.29, 0.717) is 64.8 Å². The van der Waals surface area contributed by atoms with Gasteiger partial charge in [0.2, 0.25) is 5.91 Å². The van der Waals surface area contributed by atoms with Gasteiger partial charge in [-0.1, -0.05) is 134 Å². The van der Waals surface area contributed by atoms with Crippen molar-refractivity contribution in [3.63, 3.8) is 0 Å². The molecule has 2 fully saturated rings. The van der Waals surface area contributed by atoms with E-state index in [1.807, 2.05) is 210 Å². The van der Waals surface area contributed by atoms with Gasteiger partial charge in [0.05, 0.1) is 57.4 Å². The molecule has 5 aromatic heterocycles. The van der Waals surface area contributed by atoms with Crippen molar-refractivity contribution in [2.45, 2.75) is 151 Å². The summed E-state index contributed by atoms with van der Waals surface area (Å²) in [6.45, 7) is 27.8. The molecule has 2 aliphatic heterocycles. The number of unbranched alkanes of at least 4 members (excludes halogenated alkanes) is 1. The van der Waals surface area contributed by atoms with Crippen LogP contribution in [0, 0.1) is 48.5 Å². The van der Waals surface area contributed by atoms with Crippen molar-refractivity contribution in [1.29, 1.82) is 0 Å². The molecular formula is C87H110N18O11. The predicted molar refractivity (Wildman–Crippen MR) is 441 cm³/mol. The molecule has 3 amide bonds. The zero-order valence-corrected chi connectivity index (χ0v) is 68.1. The second-order valence-electron chi connectivity index (χ2n) is 28.5. The highest BCUT2D eigenvalue weighted by Crippen LogP contribution is 2.25. The Morgan fingerprint density at radius 1 is 0.466 bits per heavy atom. The average molecular weight is 1580 g/mol. The first-order valence-corrected chi connectivity index (χ1v) is 38.7. The van der Waals surface area contributed by atoms with Crippen molar-refractivity contribution < 1.29 is 53.0 Å². The summed E-state index contributed by atoms with van der Waals surface area (Å²) in [5.74, 6) is 4.32. The molecule has 3 unspecified atom stereocenters. The molecular weight excluding hydrogens is 1470 g/mol. The van der Waals surface area contributed by atoms with Gasteiger partial charge in [-0.25, -0.2) is 24.3 Å². The number of nitrogens with one attached hydrogen (secondary N) is 1. The molecule has 0 saturated carbocycles. The average Bonchev–Trinajstić information content (AvgIpc) is 1.68. The van der Waals surface area contributed by atoms with Gasteiger partial charge in [0.25, 0.3) is 11.8 Å². The Kier molecular flexibility index (Phi) is 37.3. The minimum atomic E-state index is -0.599. The molecule has 2 saturated heterocycles. The fourth-order valence-corrected chi connectivity index (χ4v) is 11.1. The molecule has 29 nitrogen and oxygen atoms in total. The summed E-state index contributed by atoms with van der Waals surface area (Å²) in [7, 11) is 0. The molecule has 0 aliphatic carbocycles. The smallest absolute Gasteiger partial charge is 0.256 e. The Hall–Kier alpha value is -12.5. The summed E-state index contributed by atoms with van der Waals surface area (Å²) in [5.41, 5.74) is 9.63. The van der Waals surface area contributed by atoms with Crippen LogP contribution in [0.2, 0.25) is 0 Å². The number of benzene rings is 7. The zero-order valence-electron chi connectivity index (χ0n) is 68.1. The van der Waals surface area contributed by atoms with Crippen molar-refractivity contribution in [2.24, 2.45) is 0 Å². The number of hydrogen-bond donors (Lipinski definition) is 3. The van der Waals surface area contributed by atoms with Crippen molar-refractivity contribution >= 4 is 17.7 Å². The van der Waals surface area contributed by atoms with E-state index < -0.39 is 12.2 Å². The maximum Gasteiger partial charge on any atom is 0.256 e. The molecule has 116 heavy (non-hydrogen) atoms. The molecule has 29 heteroatoms. The molecule has 7 heterocycles. The minimum absolute atomic E-state index is 0.0374. The van der Waals surface area contributed by atoms with Crippen molar-refractivity contribution in [3.05, 3.63) is 283 Å². The topological polar surface area (TPSA) is 319 Å². The van der Waals surface area contributed by atoms with Crippen LogP contribution >= 0.6 is 0 Å². The van der Waals surface area contributed by atoms with E-state index >= 15 is 0 Å². The van der Waals surface area contributed by atoms with Crippen LogP contribution in [-0.4, -0.2) is 195 Å². The van der Waals surface area contributed by atoms with Crippen LogP contribution in [0.4, 0.5) is 0 Å². The second kappa shape index (κ2) is 48.6. The largest absolute Gasteiger partial charge is 0.494 e. The fraction of sp³-hybridized carbons (Fsp3) is 0.368. The third kappa shape index (κ3) is 34.1. The lowest BCUT2D eigenvalue weighted by atomic mass is 10.0. The Morgan fingerprint density at radius 3 is 1.25 bits per heavy atom. The molecule has 0 bridgehead atoms. The van der Waals surface area contributed by atoms with Gasteiger partial charge in [0.1, 0.15) is 105 Å². The van der Waals surface area contributed by atoms with Crippen molar-refractivity contribution in [1.82, 2.24) is 89.4 Å². The predicted octanol–water partition coefficient (Wildman–Crippen LogP) is 11.8.